The number of nitrogens with zero attached hydrogens (tertiary/aromatic N) is 2. The normalized spacial score (nSPS) is 14.9. The van der Waals surface area contributed by atoms with Crippen LogP contribution in [0, 0.1) is 5.82 Å². The van der Waals surface area contributed by atoms with Gasteiger partial charge < -0.3 is 14.1 Å². The Bertz CT molecular complexity index is 1290. The van der Waals surface area contributed by atoms with E-state index in [2.05, 4.69) is 4.98 Å². The number of carbonyl (C=O) groups is 2. The third kappa shape index (κ3) is 5.88. The quantitative estimate of drug-likeness (QED) is 0.413. The number of ketones is 1. The third-order valence-electron chi connectivity index (χ3n) is 5.75. The van der Waals surface area contributed by atoms with Gasteiger partial charge in [0, 0.05) is 50.3 Å². The molecule has 2 heterocycles. The lowest BCUT2D eigenvalue weighted by molar-refractivity contribution is -0.137. The van der Waals surface area contributed by atoms with E-state index in [1.807, 2.05) is 4.90 Å². The summed E-state index contributed by atoms with van der Waals surface area (Å²) in [5.41, 5.74) is -0.152. The number of halogens is 4. The smallest absolute Gasteiger partial charge is 0.417 e. The Kier molecular flexibility index (Phi) is 6.92. The first-order valence-electron chi connectivity index (χ1n) is 10.8. The molecular weight excluding hydrogens is 474 g/mol. The standard InChI is InChI=1S/C23H21F4N3O5/c24-17-3-2-16(23(25,26)27)11-15(17)13-34-22(33)30-9-7-29(8-10-30)6-5-19(31)14-1-4-18-20(12-14)35-21(32)28-18/h1-4,11-12H,5-10,13H2,(H,28,32). The number of nitrogens with one attached hydrogen (secondary N) is 1. The first kappa shape index (κ1) is 24.5. The molecule has 1 N–H and O–H groups in total. The van der Waals surface area contributed by atoms with Crippen molar-refractivity contribution in [3.05, 3.63) is 69.5 Å². The van der Waals surface area contributed by atoms with Crippen LogP contribution in [0.25, 0.3) is 11.1 Å². The van der Waals surface area contributed by atoms with Gasteiger partial charge in [-0.3, -0.25) is 14.7 Å². The molecule has 0 bridgehead atoms. The van der Waals surface area contributed by atoms with E-state index in [-0.39, 0.29) is 17.8 Å². The summed E-state index contributed by atoms with van der Waals surface area (Å²) in [5.74, 6) is -1.61. The highest BCUT2D eigenvalue weighted by atomic mass is 19.4. The van der Waals surface area contributed by atoms with Gasteiger partial charge in [-0.2, -0.15) is 13.2 Å². The molecule has 3 aromatic rings. The first-order chi connectivity index (χ1) is 16.6. The zero-order valence-electron chi connectivity index (χ0n) is 18.4. The van der Waals surface area contributed by atoms with E-state index >= 15 is 0 Å². The second kappa shape index (κ2) is 9.90. The maximum Gasteiger partial charge on any atom is 0.417 e. The van der Waals surface area contributed by atoms with Gasteiger partial charge in [0.15, 0.2) is 11.4 Å². The molecular formula is C23H21F4N3O5. The number of alkyl halides is 3. The van der Waals surface area contributed by atoms with Crippen LogP contribution in [0.5, 0.6) is 0 Å². The number of hydrogen-bond acceptors (Lipinski definition) is 6. The molecule has 0 unspecified atom stereocenters. The van der Waals surface area contributed by atoms with E-state index in [4.69, 9.17) is 9.15 Å². The summed E-state index contributed by atoms with van der Waals surface area (Å²) >= 11 is 0. The SMILES string of the molecule is O=C(CCN1CCN(C(=O)OCc2cc(C(F)(F)F)ccc2F)CC1)c1ccc2[nH]c(=O)oc2c1. The molecule has 8 nitrogen and oxygen atoms in total. The van der Waals surface area contributed by atoms with Crippen LogP contribution in [0.4, 0.5) is 22.4 Å². The number of aromatic nitrogens is 1. The van der Waals surface area contributed by atoms with Crippen LogP contribution < -0.4 is 5.76 Å². The van der Waals surface area contributed by atoms with Crippen molar-refractivity contribution in [2.24, 2.45) is 0 Å². The summed E-state index contributed by atoms with van der Waals surface area (Å²) in [7, 11) is 0. The Balaban J connectivity index is 1.23. The van der Waals surface area contributed by atoms with E-state index in [1.165, 1.54) is 11.0 Å². The predicted octanol–water partition coefficient (Wildman–Crippen LogP) is 3.81. The fraction of sp³-hybridized carbons (Fsp3) is 0.348. The van der Waals surface area contributed by atoms with Crippen LogP contribution in [0.2, 0.25) is 0 Å². The lowest BCUT2D eigenvalue weighted by Gasteiger charge is -2.33. The van der Waals surface area contributed by atoms with E-state index in [0.29, 0.717) is 67.6 Å². The van der Waals surface area contributed by atoms with Crippen molar-refractivity contribution in [2.45, 2.75) is 19.2 Å². The van der Waals surface area contributed by atoms with Gasteiger partial charge in [0.25, 0.3) is 0 Å². The predicted molar refractivity (Wildman–Crippen MR) is 115 cm³/mol. The van der Waals surface area contributed by atoms with Crippen molar-refractivity contribution in [3.8, 4) is 0 Å². The van der Waals surface area contributed by atoms with Gasteiger partial charge >= 0.3 is 18.0 Å². The van der Waals surface area contributed by atoms with Crippen LogP contribution in [0.15, 0.2) is 45.6 Å². The minimum absolute atomic E-state index is 0.124. The Morgan fingerprint density at radius 1 is 1.06 bits per heavy atom. The molecule has 1 saturated heterocycles. The van der Waals surface area contributed by atoms with Crippen molar-refractivity contribution in [3.63, 3.8) is 0 Å². The van der Waals surface area contributed by atoms with Crippen molar-refractivity contribution < 1.29 is 36.3 Å². The van der Waals surface area contributed by atoms with Gasteiger partial charge in [-0.15, -0.1) is 0 Å². The number of H-pyrrole nitrogens is 1. The zero-order valence-corrected chi connectivity index (χ0v) is 18.4. The second-order valence-electron chi connectivity index (χ2n) is 8.09. The van der Waals surface area contributed by atoms with Crippen LogP contribution in [-0.2, 0) is 17.5 Å². The summed E-state index contributed by atoms with van der Waals surface area (Å²) in [5, 5.41) is 0. The molecule has 0 spiro atoms. The molecule has 1 aliphatic heterocycles. The number of oxazole rings is 1. The number of carbonyl (C=O) groups excluding carboxylic acids is 2. The number of piperazine rings is 1. The lowest BCUT2D eigenvalue weighted by atomic mass is 10.1. The number of benzene rings is 2. The average Bonchev–Trinajstić information content (AvgIpc) is 3.20. The molecule has 12 heteroatoms. The molecule has 0 radical (unpaired) electrons. The molecule has 4 rings (SSSR count). The largest absolute Gasteiger partial charge is 0.444 e. The van der Waals surface area contributed by atoms with Crippen LogP contribution in [0.1, 0.15) is 27.9 Å². The fourth-order valence-electron chi connectivity index (χ4n) is 3.77. The lowest BCUT2D eigenvalue weighted by Crippen LogP contribution is -2.49. The maximum absolute atomic E-state index is 13.8. The third-order valence-corrected chi connectivity index (χ3v) is 5.75. The van der Waals surface area contributed by atoms with Gasteiger partial charge in [-0.05, 0) is 36.4 Å². The van der Waals surface area contributed by atoms with Crippen LogP contribution >= 0.6 is 0 Å². The molecule has 0 saturated carbocycles. The van der Waals surface area contributed by atoms with Gasteiger partial charge in [0.05, 0.1) is 11.1 Å². The van der Waals surface area contributed by atoms with Crippen molar-refractivity contribution in [1.82, 2.24) is 14.8 Å². The molecule has 35 heavy (non-hydrogen) atoms. The molecule has 1 fully saturated rings. The summed E-state index contributed by atoms with van der Waals surface area (Å²) < 4.78 is 62.3. The minimum Gasteiger partial charge on any atom is -0.444 e. The highest BCUT2D eigenvalue weighted by Crippen LogP contribution is 2.30. The number of fused-ring (bicyclic) bond motifs is 1. The Hall–Kier alpha value is -3.67. The van der Waals surface area contributed by atoms with Crippen molar-refractivity contribution in [2.75, 3.05) is 32.7 Å². The van der Waals surface area contributed by atoms with Crippen molar-refractivity contribution in [1.29, 1.82) is 0 Å². The van der Waals surface area contributed by atoms with Crippen LogP contribution in [0.3, 0.4) is 0 Å². The summed E-state index contributed by atoms with van der Waals surface area (Å²) in [6.07, 6.45) is -5.16. The molecule has 1 aliphatic rings. The van der Waals surface area contributed by atoms with E-state index < -0.39 is 36.0 Å². The van der Waals surface area contributed by atoms with Crippen molar-refractivity contribution >= 4 is 23.0 Å². The number of amides is 1. The first-order valence-corrected chi connectivity index (χ1v) is 10.8. The topological polar surface area (TPSA) is 95.9 Å². The number of hydrogen-bond donors (Lipinski definition) is 1. The summed E-state index contributed by atoms with van der Waals surface area (Å²) in [6.45, 7) is 1.34. The van der Waals surface area contributed by atoms with E-state index in [0.717, 1.165) is 0 Å². The number of aromatic amines is 1. The highest BCUT2D eigenvalue weighted by Gasteiger charge is 2.31. The summed E-state index contributed by atoms with van der Waals surface area (Å²) in [6, 6.07) is 6.66. The average molecular weight is 495 g/mol. The molecule has 1 aromatic heterocycles. The second-order valence-corrected chi connectivity index (χ2v) is 8.09. The molecule has 0 atom stereocenters. The molecule has 186 valence electrons. The molecule has 2 aromatic carbocycles. The summed E-state index contributed by atoms with van der Waals surface area (Å²) in [4.78, 5) is 41.9. The highest BCUT2D eigenvalue weighted by molar-refractivity contribution is 5.98. The van der Waals surface area contributed by atoms with Gasteiger partial charge in [0.1, 0.15) is 12.4 Å². The number of ether oxygens (including phenoxy) is 1. The van der Waals surface area contributed by atoms with E-state index in [1.54, 1.807) is 12.1 Å². The molecule has 1 amide bonds. The van der Waals surface area contributed by atoms with Gasteiger partial charge in [0.2, 0.25) is 0 Å². The Labute approximate surface area is 196 Å². The van der Waals surface area contributed by atoms with Gasteiger partial charge in [-0.25, -0.2) is 14.0 Å². The number of Topliss-reactive ketones (excluding diaryl/α,β-unsaturated/α-hetero) is 1. The Morgan fingerprint density at radius 3 is 2.51 bits per heavy atom. The monoisotopic (exact) mass is 495 g/mol. The van der Waals surface area contributed by atoms with Crippen LogP contribution in [-0.4, -0.2) is 59.4 Å². The fourth-order valence-corrected chi connectivity index (χ4v) is 3.77. The Morgan fingerprint density at radius 2 is 1.80 bits per heavy atom. The number of rotatable bonds is 6. The van der Waals surface area contributed by atoms with Gasteiger partial charge in [-0.1, -0.05) is 0 Å². The van der Waals surface area contributed by atoms with E-state index in [9.17, 15) is 31.9 Å². The molecule has 0 aliphatic carbocycles. The zero-order chi connectivity index (χ0) is 25.2. The maximum atomic E-state index is 13.8. The minimum atomic E-state index is -4.63.